The third kappa shape index (κ3) is 4.49. The Morgan fingerprint density at radius 2 is 1.95 bits per heavy atom. The summed E-state index contributed by atoms with van der Waals surface area (Å²) in [5.41, 5.74) is 0.736. The lowest BCUT2D eigenvalue weighted by Gasteiger charge is -2.25. The number of rotatable bonds is 8. The van der Waals surface area contributed by atoms with E-state index >= 15 is 0 Å². The minimum atomic E-state index is -3.79. The van der Waals surface area contributed by atoms with Crippen LogP contribution in [0.2, 0.25) is 0 Å². The van der Waals surface area contributed by atoms with E-state index in [0.29, 0.717) is 19.5 Å². The highest BCUT2D eigenvalue weighted by atomic mass is 32.2. The molecule has 0 heterocycles. The van der Waals surface area contributed by atoms with E-state index in [0.717, 1.165) is 12.1 Å². The lowest BCUT2D eigenvalue weighted by Crippen LogP contribution is -2.37. The molecule has 0 atom stereocenters. The number of hydrogen-bond acceptors (Lipinski definition) is 3. The second kappa shape index (κ2) is 7.87. The molecule has 0 spiro atoms. The van der Waals surface area contributed by atoms with Crippen molar-refractivity contribution in [2.45, 2.75) is 51.6 Å². The van der Waals surface area contributed by atoms with Crippen molar-refractivity contribution in [2.75, 3.05) is 13.1 Å². The number of benzene rings is 1. The fourth-order valence-electron chi connectivity index (χ4n) is 2.14. The number of halogens is 1. The first-order chi connectivity index (χ1) is 9.84. The molecule has 0 saturated heterocycles. The Bertz CT molecular complexity index is 559. The predicted octanol–water partition coefficient (Wildman–Crippen LogP) is 2.74. The highest BCUT2D eigenvalue weighted by Gasteiger charge is 2.28. The largest absolute Gasteiger partial charge is 0.313 e. The first-order valence-corrected chi connectivity index (χ1v) is 8.79. The first kappa shape index (κ1) is 18.1. The summed E-state index contributed by atoms with van der Waals surface area (Å²) >= 11 is 0. The Kier molecular flexibility index (Phi) is 6.77. The molecule has 6 heteroatoms. The van der Waals surface area contributed by atoms with Crippen LogP contribution in [0.15, 0.2) is 23.1 Å². The molecule has 1 rings (SSSR count). The van der Waals surface area contributed by atoms with Crippen molar-refractivity contribution in [3.8, 4) is 0 Å². The second-order valence-electron chi connectivity index (χ2n) is 5.25. The zero-order valence-electron chi connectivity index (χ0n) is 13.2. The maximum Gasteiger partial charge on any atom is 0.246 e. The molecular weight excluding hydrogens is 291 g/mol. The van der Waals surface area contributed by atoms with E-state index in [9.17, 15) is 12.8 Å². The summed E-state index contributed by atoms with van der Waals surface area (Å²) in [7, 11) is -3.79. The Hall–Kier alpha value is -0.980. The molecule has 1 N–H and O–H groups in total. The lowest BCUT2D eigenvalue weighted by molar-refractivity contribution is 0.352. The Balaban J connectivity index is 3.13. The fourth-order valence-corrected chi connectivity index (χ4v) is 3.91. The Labute approximate surface area is 127 Å². The van der Waals surface area contributed by atoms with E-state index in [2.05, 4.69) is 5.32 Å². The number of nitrogens with one attached hydrogen (secondary N) is 1. The van der Waals surface area contributed by atoms with Gasteiger partial charge >= 0.3 is 0 Å². The fraction of sp³-hybridized carbons (Fsp3) is 0.600. The topological polar surface area (TPSA) is 49.4 Å². The van der Waals surface area contributed by atoms with Crippen LogP contribution in [-0.2, 0) is 16.6 Å². The van der Waals surface area contributed by atoms with E-state index in [1.54, 1.807) is 19.9 Å². The highest BCUT2D eigenvalue weighted by Crippen LogP contribution is 2.22. The van der Waals surface area contributed by atoms with Crippen LogP contribution in [0.5, 0.6) is 0 Å². The van der Waals surface area contributed by atoms with Crippen molar-refractivity contribution in [1.82, 2.24) is 9.62 Å². The van der Waals surface area contributed by atoms with Gasteiger partial charge in [-0.1, -0.05) is 19.9 Å². The molecule has 0 aliphatic heterocycles. The molecule has 0 bridgehead atoms. The van der Waals surface area contributed by atoms with Gasteiger partial charge in [-0.3, -0.25) is 0 Å². The van der Waals surface area contributed by atoms with Crippen molar-refractivity contribution >= 4 is 10.0 Å². The van der Waals surface area contributed by atoms with Crippen LogP contribution in [0.25, 0.3) is 0 Å². The normalized spacial score (nSPS) is 12.3. The average Bonchev–Trinajstić information content (AvgIpc) is 2.41. The van der Waals surface area contributed by atoms with Crippen molar-refractivity contribution in [1.29, 1.82) is 0 Å². The van der Waals surface area contributed by atoms with Crippen LogP contribution in [0.1, 0.15) is 39.7 Å². The maximum absolute atomic E-state index is 14.2. The summed E-state index contributed by atoms with van der Waals surface area (Å²) in [6, 6.07) is 4.11. The van der Waals surface area contributed by atoms with E-state index in [4.69, 9.17) is 0 Å². The molecule has 1 aromatic rings. The molecule has 0 amide bonds. The van der Waals surface area contributed by atoms with Gasteiger partial charge in [-0.2, -0.15) is 4.31 Å². The van der Waals surface area contributed by atoms with Crippen LogP contribution in [0, 0.1) is 5.82 Å². The zero-order valence-corrected chi connectivity index (χ0v) is 14.0. The minimum absolute atomic E-state index is 0.198. The van der Waals surface area contributed by atoms with Crippen LogP contribution in [-0.4, -0.2) is 31.9 Å². The quantitative estimate of drug-likeness (QED) is 0.802. The molecule has 21 heavy (non-hydrogen) atoms. The van der Waals surface area contributed by atoms with Gasteiger partial charge in [0, 0.05) is 19.1 Å². The highest BCUT2D eigenvalue weighted by molar-refractivity contribution is 7.89. The van der Waals surface area contributed by atoms with Crippen molar-refractivity contribution < 1.29 is 12.8 Å². The molecule has 1 aromatic carbocycles. The van der Waals surface area contributed by atoms with E-state index in [1.807, 2.05) is 13.8 Å². The molecule has 120 valence electrons. The van der Waals surface area contributed by atoms with Gasteiger partial charge in [0.2, 0.25) is 10.0 Å². The summed E-state index contributed by atoms with van der Waals surface area (Å²) in [6.07, 6.45) is 0.692. The van der Waals surface area contributed by atoms with Crippen molar-refractivity contribution in [3.05, 3.63) is 29.6 Å². The average molecular weight is 316 g/mol. The maximum atomic E-state index is 14.2. The monoisotopic (exact) mass is 316 g/mol. The van der Waals surface area contributed by atoms with Gasteiger partial charge in [-0.15, -0.1) is 0 Å². The van der Waals surface area contributed by atoms with E-state index in [1.165, 1.54) is 16.4 Å². The molecule has 0 aliphatic carbocycles. The van der Waals surface area contributed by atoms with Crippen molar-refractivity contribution in [2.24, 2.45) is 0 Å². The number of nitrogens with zero attached hydrogens (tertiary/aromatic N) is 1. The SMILES string of the molecule is CCCN(C(C)C)S(=O)(=O)c1ccc(CNCC)cc1F. The Morgan fingerprint density at radius 3 is 2.43 bits per heavy atom. The van der Waals surface area contributed by atoms with Crippen molar-refractivity contribution in [3.63, 3.8) is 0 Å². The van der Waals surface area contributed by atoms with E-state index < -0.39 is 15.8 Å². The predicted molar refractivity (Wildman–Crippen MR) is 83.1 cm³/mol. The molecule has 0 unspecified atom stereocenters. The molecule has 4 nitrogen and oxygen atoms in total. The first-order valence-electron chi connectivity index (χ1n) is 7.35. The third-order valence-electron chi connectivity index (χ3n) is 3.18. The molecular formula is C15H25FN2O2S. The second-order valence-corrected chi connectivity index (χ2v) is 7.11. The van der Waals surface area contributed by atoms with Gasteiger partial charge in [-0.05, 0) is 44.5 Å². The third-order valence-corrected chi connectivity index (χ3v) is 5.29. The molecule has 0 aliphatic rings. The van der Waals surface area contributed by atoms with Gasteiger partial charge < -0.3 is 5.32 Å². The van der Waals surface area contributed by atoms with Gasteiger partial charge in [0.25, 0.3) is 0 Å². The Morgan fingerprint density at radius 1 is 1.29 bits per heavy atom. The summed E-state index contributed by atoms with van der Waals surface area (Å²) < 4.78 is 40.7. The number of hydrogen-bond donors (Lipinski definition) is 1. The molecule has 0 fully saturated rings. The molecule has 0 radical (unpaired) electrons. The van der Waals surface area contributed by atoms with Crippen LogP contribution in [0.4, 0.5) is 4.39 Å². The summed E-state index contributed by atoms with van der Waals surface area (Å²) in [4.78, 5) is -0.245. The van der Waals surface area contributed by atoms with Crippen LogP contribution < -0.4 is 5.32 Å². The van der Waals surface area contributed by atoms with E-state index in [-0.39, 0.29) is 10.9 Å². The minimum Gasteiger partial charge on any atom is -0.313 e. The summed E-state index contributed by atoms with van der Waals surface area (Å²) in [6.45, 7) is 9.14. The summed E-state index contributed by atoms with van der Waals surface area (Å²) in [5.74, 6) is -0.688. The summed E-state index contributed by atoms with van der Waals surface area (Å²) in [5, 5.41) is 3.08. The van der Waals surface area contributed by atoms with Crippen LogP contribution in [0.3, 0.4) is 0 Å². The zero-order chi connectivity index (χ0) is 16.0. The van der Waals surface area contributed by atoms with Gasteiger partial charge in [0.15, 0.2) is 0 Å². The standard InChI is InChI=1S/C15H25FN2O2S/c1-5-9-18(12(3)4)21(19,20)15-8-7-13(10-14(15)16)11-17-6-2/h7-8,10,12,17H,5-6,9,11H2,1-4H3. The van der Waals surface area contributed by atoms with Gasteiger partial charge in [0.1, 0.15) is 10.7 Å². The van der Waals surface area contributed by atoms with Gasteiger partial charge in [-0.25, -0.2) is 12.8 Å². The molecule has 0 saturated carbocycles. The smallest absolute Gasteiger partial charge is 0.246 e. The number of sulfonamides is 1. The van der Waals surface area contributed by atoms with Crippen LogP contribution >= 0.6 is 0 Å². The van der Waals surface area contributed by atoms with Gasteiger partial charge in [0.05, 0.1) is 0 Å². The molecule has 0 aromatic heterocycles. The lowest BCUT2D eigenvalue weighted by atomic mass is 10.2.